The van der Waals surface area contributed by atoms with E-state index in [0.29, 0.717) is 12.0 Å². The first-order chi connectivity index (χ1) is 15.5. The summed E-state index contributed by atoms with van der Waals surface area (Å²) >= 11 is 0. The van der Waals surface area contributed by atoms with E-state index >= 15 is 0 Å². The summed E-state index contributed by atoms with van der Waals surface area (Å²) in [4.78, 5) is 23.7. The van der Waals surface area contributed by atoms with Crippen LogP contribution in [0.25, 0.3) is 10.8 Å². The molecule has 0 aliphatic heterocycles. The number of aldehydes is 1. The smallest absolute Gasteiger partial charge is 0.457 e. The van der Waals surface area contributed by atoms with Crippen molar-refractivity contribution in [1.82, 2.24) is 5.32 Å². The lowest BCUT2D eigenvalue weighted by molar-refractivity contribution is 0.0951. The van der Waals surface area contributed by atoms with Crippen LogP contribution >= 0.6 is 0 Å². The molecule has 3 N–H and O–H groups in total. The number of nitrogens with one attached hydrogen (secondary N) is 1. The maximum Gasteiger partial charge on any atom is 0.489 e. The lowest BCUT2D eigenvalue weighted by Gasteiger charge is -2.11. The van der Waals surface area contributed by atoms with E-state index in [1.54, 1.807) is 0 Å². The normalized spacial score (nSPS) is 10.6. The second-order valence-corrected chi connectivity index (χ2v) is 7.24. The fourth-order valence-corrected chi connectivity index (χ4v) is 3.47. The van der Waals surface area contributed by atoms with Crippen molar-refractivity contribution in [2.75, 3.05) is 0 Å². The highest BCUT2D eigenvalue weighted by atomic mass is 16.5. The number of fused-ring (bicyclic) bond motifs is 1. The molecule has 0 aliphatic rings. The third-order valence-electron chi connectivity index (χ3n) is 5.08. The molecule has 0 unspecified atom stereocenters. The van der Waals surface area contributed by atoms with Crippen LogP contribution in [0, 0.1) is 0 Å². The minimum atomic E-state index is -1.78. The van der Waals surface area contributed by atoms with Crippen molar-refractivity contribution in [2.24, 2.45) is 0 Å². The summed E-state index contributed by atoms with van der Waals surface area (Å²) in [6.45, 7) is 0.256. The SMILES string of the molecule is O=Cc1cc(C(=O)NCc2cccc(Oc3cccc4ccccc34)c2)ccc1B(O)O. The summed E-state index contributed by atoms with van der Waals surface area (Å²) in [6, 6.07) is 25.4. The number of hydrogen-bond acceptors (Lipinski definition) is 5. The van der Waals surface area contributed by atoms with Gasteiger partial charge in [0, 0.05) is 23.1 Å². The Labute approximate surface area is 185 Å². The average Bonchev–Trinajstić information content (AvgIpc) is 2.82. The maximum absolute atomic E-state index is 12.5. The number of carbonyl (C=O) groups excluding carboxylic acids is 2. The van der Waals surface area contributed by atoms with Crippen LogP contribution in [0.1, 0.15) is 26.3 Å². The largest absolute Gasteiger partial charge is 0.489 e. The van der Waals surface area contributed by atoms with Crippen LogP contribution in [0.15, 0.2) is 84.9 Å². The molecule has 32 heavy (non-hydrogen) atoms. The molecule has 7 heteroatoms. The Bertz CT molecular complexity index is 1280. The number of rotatable bonds is 7. The Morgan fingerprint density at radius 3 is 2.53 bits per heavy atom. The summed E-state index contributed by atoms with van der Waals surface area (Å²) in [7, 11) is -1.78. The first-order valence-corrected chi connectivity index (χ1v) is 10.0. The summed E-state index contributed by atoms with van der Waals surface area (Å²) in [6.07, 6.45) is 0.486. The molecule has 158 valence electrons. The zero-order valence-electron chi connectivity index (χ0n) is 17.1. The van der Waals surface area contributed by atoms with Crippen LogP contribution in [0.3, 0.4) is 0 Å². The molecule has 4 aromatic rings. The van der Waals surface area contributed by atoms with E-state index in [9.17, 15) is 19.6 Å². The van der Waals surface area contributed by atoms with Gasteiger partial charge in [-0.05, 0) is 46.7 Å². The zero-order valence-corrected chi connectivity index (χ0v) is 17.1. The highest BCUT2D eigenvalue weighted by molar-refractivity contribution is 6.60. The maximum atomic E-state index is 12.5. The summed E-state index contributed by atoms with van der Waals surface area (Å²) in [5, 5.41) is 23.5. The predicted molar refractivity (Wildman–Crippen MR) is 123 cm³/mol. The molecule has 0 spiro atoms. The highest BCUT2D eigenvalue weighted by Crippen LogP contribution is 2.30. The first-order valence-electron chi connectivity index (χ1n) is 10.0. The Morgan fingerprint density at radius 2 is 1.72 bits per heavy atom. The molecule has 0 fully saturated rings. The van der Waals surface area contributed by atoms with Crippen molar-refractivity contribution in [3.8, 4) is 11.5 Å². The molecule has 0 aliphatic carbocycles. The van der Waals surface area contributed by atoms with Gasteiger partial charge in [0.1, 0.15) is 17.8 Å². The van der Waals surface area contributed by atoms with Crippen molar-refractivity contribution in [1.29, 1.82) is 0 Å². The summed E-state index contributed by atoms with van der Waals surface area (Å²) < 4.78 is 6.09. The minimum Gasteiger partial charge on any atom is -0.457 e. The van der Waals surface area contributed by atoms with E-state index in [2.05, 4.69) is 5.32 Å². The number of carbonyl (C=O) groups is 2. The van der Waals surface area contributed by atoms with Crippen LogP contribution in [0.5, 0.6) is 11.5 Å². The van der Waals surface area contributed by atoms with Crippen LogP contribution in [-0.2, 0) is 6.54 Å². The van der Waals surface area contributed by atoms with E-state index in [1.807, 2.05) is 66.7 Å². The van der Waals surface area contributed by atoms with Crippen molar-refractivity contribution in [3.63, 3.8) is 0 Å². The molecule has 1 amide bonds. The van der Waals surface area contributed by atoms with Gasteiger partial charge in [0.25, 0.3) is 5.91 Å². The molecule has 0 aromatic heterocycles. The lowest BCUT2D eigenvalue weighted by atomic mass is 9.77. The standard InChI is InChI=1S/C25H20BNO5/c28-16-20-14-19(11-12-23(20)26(30)31)25(29)27-15-17-5-3-8-21(13-17)32-24-10-4-7-18-6-1-2-9-22(18)24/h1-14,16,30-31H,15H2,(H,27,29). The van der Waals surface area contributed by atoms with Gasteiger partial charge >= 0.3 is 7.12 Å². The Balaban J connectivity index is 1.46. The van der Waals surface area contributed by atoms with Crippen molar-refractivity contribution >= 4 is 35.5 Å². The van der Waals surface area contributed by atoms with Crippen LogP contribution in [0.2, 0.25) is 0 Å². The molecule has 0 saturated carbocycles. The quantitative estimate of drug-likeness (QED) is 0.313. The lowest BCUT2D eigenvalue weighted by Crippen LogP contribution is -2.33. The van der Waals surface area contributed by atoms with Crippen LogP contribution in [0.4, 0.5) is 0 Å². The highest BCUT2D eigenvalue weighted by Gasteiger charge is 2.17. The summed E-state index contributed by atoms with van der Waals surface area (Å²) in [5.41, 5.74) is 1.20. The second-order valence-electron chi connectivity index (χ2n) is 7.24. The third-order valence-corrected chi connectivity index (χ3v) is 5.08. The zero-order chi connectivity index (χ0) is 22.5. The molecule has 0 heterocycles. The molecule has 0 atom stereocenters. The first kappa shape index (κ1) is 21.3. The molecule has 0 saturated heterocycles. The molecule has 0 radical (unpaired) electrons. The Kier molecular flexibility index (Phi) is 6.30. The van der Waals surface area contributed by atoms with Gasteiger partial charge in [0.05, 0.1) is 0 Å². The van der Waals surface area contributed by atoms with E-state index in [-0.39, 0.29) is 29.0 Å². The number of benzene rings is 4. The van der Waals surface area contributed by atoms with Gasteiger partial charge in [-0.25, -0.2) is 0 Å². The molecule has 4 rings (SSSR count). The molecule has 6 nitrogen and oxygen atoms in total. The minimum absolute atomic E-state index is 0.0508. The van der Waals surface area contributed by atoms with Crippen molar-refractivity contribution < 1.29 is 24.4 Å². The number of amides is 1. The van der Waals surface area contributed by atoms with E-state index in [1.165, 1.54) is 18.2 Å². The van der Waals surface area contributed by atoms with Gasteiger partial charge in [0.15, 0.2) is 0 Å². The topological polar surface area (TPSA) is 95.9 Å². The molecule has 0 bridgehead atoms. The van der Waals surface area contributed by atoms with Gasteiger partial charge in [0.2, 0.25) is 0 Å². The van der Waals surface area contributed by atoms with Crippen molar-refractivity contribution in [2.45, 2.75) is 6.54 Å². The van der Waals surface area contributed by atoms with Gasteiger partial charge in [-0.15, -0.1) is 0 Å². The van der Waals surface area contributed by atoms with Crippen LogP contribution < -0.4 is 15.5 Å². The van der Waals surface area contributed by atoms with Gasteiger partial charge in [-0.2, -0.15) is 0 Å². The van der Waals surface area contributed by atoms with E-state index < -0.39 is 7.12 Å². The Hall–Kier alpha value is -3.94. The van der Waals surface area contributed by atoms with E-state index in [0.717, 1.165) is 22.1 Å². The summed E-state index contributed by atoms with van der Waals surface area (Å²) in [5.74, 6) is 1.02. The molecular weight excluding hydrogens is 405 g/mol. The van der Waals surface area contributed by atoms with Gasteiger partial charge in [-0.3, -0.25) is 9.59 Å². The predicted octanol–water partition coefficient (Wildman–Crippen LogP) is 3.05. The molecular formula is C25H20BNO5. The monoisotopic (exact) mass is 425 g/mol. The second kappa shape index (κ2) is 9.47. The average molecular weight is 425 g/mol. The number of ether oxygens (including phenoxy) is 1. The molecule has 4 aromatic carbocycles. The third kappa shape index (κ3) is 4.69. The Morgan fingerprint density at radius 1 is 0.938 bits per heavy atom. The van der Waals surface area contributed by atoms with Gasteiger partial charge in [-0.1, -0.05) is 54.6 Å². The van der Waals surface area contributed by atoms with E-state index in [4.69, 9.17) is 4.74 Å². The van der Waals surface area contributed by atoms with Crippen molar-refractivity contribution in [3.05, 3.63) is 102 Å². The van der Waals surface area contributed by atoms with Gasteiger partial charge < -0.3 is 20.1 Å². The fraction of sp³-hybridized carbons (Fsp3) is 0.0400. The van der Waals surface area contributed by atoms with Crippen LogP contribution in [-0.4, -0.2) is 29.4 Å². The fourth-order valence-electron chi connectivity index (χ4n) is 3.47. The number of hydrogen-bond donors (Lipinski definition) is 3.